The molecule has 2 heterocycles. The van der Waals surface area contributed by atoms with Gasteiger partial charge in [0.1, 0.15) is 6.54 Å². The summed E-state index contributed by atoms with van der Waals surface area (Å²) < 4.78 is 0. The lowest BCUT2D eigenvalue weighted by Gasteiger charge is -2.13. The highest BCUT2D eigenvalue weighted by atomic mass is 32.1. The second kappa shape index (κ2) is 5.23. The fourth-order valence-electron chi connectivity index (χ4n) is 1.76. The van der Waals surface area contributed by atoms with E-state index in [0.717, 1.165) is 11.0 Å². The minimum Gasteiger partial charge on any atom is -0.478 e. The van der Waals surface area contributed by atoms with Crippen LogP contribution < -0.4 is 0 Å². The highest BCUT2D eigenvalue weighted by molar-refractivity contribution is 7.10. The molecule has 1 aliphatic rings. The van der Waals surface area contributed by atoms with Gasteiger partial charge in [0.15, 0.2) is 0 Å². The van der Waals surface area contributed by atoms with Crippen molar-refractivity contribution in [3.63, 3.8) is 0 Å². The summed E-state index contributed by atoms with van der Waals surface area (Å²) in [6.07, 6.45) is 2.49. The van der Waals surface area contributed by atoms with Crippen LogP contribution in [0, 0.1) is 0 Å². The molecular formula is C12H12N2O4S. The first-order valence-electron chi connectivity index (χ1n) is 5.52. The van der Waals surface area contributed by atoms with Crippen LogP contribution in [0.15, 0.2) is 17.5 Å². The molecule has 1 N–H and O–H groups in total. The maximum atomic E-state index is 11.7. The van der Waals surface area contributed by atoms with Crippen LogP contribution in [0.5, 0.6) is 0 Å². The highest BCUT2D eigenvalue weighted by Crippen LogP contribution is 2.22. The molecule has 19 heavy (non-hydrogen) atoms. The Morgan fingerprint density at radius 3 is 2.84 bits per heavy atom. The summed E-state index contributed by atoms with van der Waals surface area (Å²) >= 11 is 1.38. The lowest BCUT2D eigenvalue weighted by molar-refractivity contribution is -0.131. The summed E-state index contributed by atoms with van der Waals surface area (Å²) in [5, 5.41) is 10.4. The molecule has 1 saturated heterocycles. The van der Waals surface area contributed by atoms with Gasteiger partial charge in [0.25, 0.3) is 5.91 Å². The summed E-state index contributed by atoms with van der Waals surface area (Å²) in [4.78, 5) is 37.2. The third-order valence-electron chi connectivity index (χ3n) is 2.72. The molecule has 0 spiro atoms. The van der Waals surface area contributed by atoms with Gasteiger partial charge in [-0.3, -0.25) is 9.69 Å². The molecule has 1 aromatic heterocycles. The van der Waals surface area contributed by atoms with Gasteiger partial charge in [0.05, 0.1) is 6.54 Å². The number of rotatable bonds is 4. The molecule has 0 unspecified atom stereocenters. The van der Waals surface area contributed by atoms with Gasteiger partial charge in [-0.15, -0.1) is 11.3 Å². The van der Waals surface area contributed by atoms with Crippen molar-refractivity contribution in [3.05, 3.63) is 28.0 Å². The van der Waals surface area contributed by atoms with Crippen LogP contribution in [0.4, 0.5) is 4.79 Å². The van der Waals surface area contributed by atoms with Crippen LogP contribution >= 0.6 is 11.3 Å². The molecule has 0 aromatic carbocycles. The molecule has 6 nitrogen and oxygen atoms in total. The number of hydrogen-bond donors (Lipinski definition) is 1. The van der Waals surface area contributed by atoms with Crippen molar-refractivity contribution in [1.82, 2.24) is 9.80 Å². The first-order chi connectivity index (χ1) is 8.99. The quantitative estimate of drug-likeness (QED) is 0.665. The number of carbonyl (C=O) groups is 3. The number of carboxylic acids is 1. The van der Waals surface area contributed by atoms with E-state index < -0.39 is 5.97 Å². The van der Waals surface area contributed by atoms with Crippen molar-refractivity contribution >= 4 is 35.3 Å². The van der Waals surface area contributed by atoms with Crippen LogP contribution in [0.1, 0.15) is 10.4 Å². The third kappa shape index (κ3) is 2.82. The monoisotopic (exact) mass is 280 g/mol. The Hall–Kier alpha value is -2.15. The Labute approximate surface area is 113 Å². The smallest absolute Gasteiger partial charge is 0.328 e. The molecule has 3 amide bonds. The Morgan fingerprint density at radius 1 is 1.53 bits per heavy atom. The summed E-state index contributed by atoms with van der Waals surface area (Å²) in [6, 6.07) is 1.43. The van der Waals surface area contributed by atoms with Gasteiger partial charge in [0.2, 0.25) is 0 Å². The normalized spacial score (nSPS) is 15.8. The lowest BCUT2D eigenvalue weighted by atomic mass is 10.2. The maximum absolute atomic E-state index is 11.7. The Balaban J connectivity index is 2.16. The van der Waals surface area contributed by atoms with Gasteiger partial charge in [-0.05, 0) is 23.1 Å². The van der Waals surface area contributed by atoms with Gasteiger partial charge in [-0.1, -0.05) is 0 Å². The number of imide groups is 1. The molecule has 0 saturated carbocycles. The molecule has 1 fully saturated rings. The Kier molecular flexibility index (Phi) is 3.66. The SMILES string of the molecule is CN1CC(=O)N(Cc2sccc2C=CC(=O)O)C1=O. The van der Waals surface area contributed by atoms with Crippen LogP contribution in [0.25, 0.3) is 6.08 Å². The average molecular weight is 280 g/mol. The average Bonchev–Trinajstić information content (AvgIpc) is 2.87. The number of amides is 3. The summed E-state index contributed by atoms with van der Waals surface area (Å²) in [7, 11) is 1.57. The van der Waals surface area contributed by atoms with Crippen molar-refractivity contribution in [3.8, 4) is 0 Å². The number of aliphatic carboxylic acids is 1. The zero-order valence-electron chi connectivity index (χ0n) is 10.2. The van der Waals surface area contributed by atoms with Crippen LogP contribution in [0.3, 0.4) is 0 Å². The van der Waals surface area contributed by atoms with Crippen molar-refractivity contribution in [2.24, 2.45) is 0 Å². The zero-order chi connectivity index (χ0) is 14.0. The minimum absolute atomic E-state index is 0.0878. The number of carbonyl (C=O) groups excluding carboxylic acids is 2. The first-order valence-corrected chi connectivity index (χ1v) is 6.40. The Morgan fingerprint density at radius 2 is 2.26 bits per heavy atom. The number of urea groups is 1. The summed E-state index contributed by atoms with van der Waals surface area (Å²) in [6.45, 7) is 0.267. The molecule has 0 bridgehead atoms. The predicted octanol–water partition coefficient (Wildman–Crippen LogP) is 1.24. The maximum Gasteiger partial charge on any atom is 0.328 e. The van der Waals surface area contributed by atoms with Crippen LogP contribution in [-0.2, 0) is 16.1 Å². The van der Waals surface area contributed by atoms with Crippen LogP contribution in [-0.4, -0.2) is 46.4 Å². The van der Waals surface area contributed by atoms with Gasteiger partial charge in [0, 0.05) is 18.0 Å². The predicted molar refractivity (Wildman–Crippen MR) is 69.6 cm³/mol. The van der Waals surface area contributed by atoms with E-state index in [0.29, 0.717) is 5.56 Å². The molecule has 1 aromatic rings. The molecule has 1 aliphatic heterocycles. The molecule has 7 heteroatoms. The molecular weight excluding hydrogens is 268 g/mol. The Bertz CT molecular complexity index is 564. The van der Waals surface area contributed by atoms with E-state index in [2.05, 4.69) is 0 Å². The van der Waals surface area contributed by atoms with E-state index in [4.69, 9.17) is 5.11 Å². The fraction of sp³-hybridized carbons (Fsp3) is 0.250. The molecule has 2 rings (SSSR count). The van der Waals surface area contributed by atoms with E-state index in [-0.39, 0.29) is 25.0 Å². The highest BCUT2D eigenvalue weighted by Gasteiger charge is 2.33. The van der Waals surface area contributed by atoms with Gasteiger partial charge < -0.3 is 10.0 Å². The fourth-order valence-corrected chi connectivity index (χ4v) is 2.61. The molecule has 100 valence electrons. The first kappa shape index (κ1) is 13.3. The number of likely N-dealkylation sites (N-methyl/N-ethyl adjacent to an activating group) is 1. The molecule has 0 aliphatic carbocycles. The van der Waals surface area contributed by atoms with E-state index in [9.17, 15) is 14.4 Å². The summed E-state index contributed by atoms with van der Waals surface area (Å²) in [5.74, 6) is -1.28. The van der Waals surface area contributed by atoms with Gasteiger partial charge in [-0.2, -0.15) is 0 Å². The van der Waals surface area contributed by atoms with Crippen molar-refractivity contribution in [1.29, 1.82) is 0 Å². The van der Waals surface area contributed by atoms with Crippen molar-refractivity contribution < 1.29 is 19.5 Å². The summed E-state index contributed by atoms with van der Waals surface area (Å²) in [5.41, 5.74) is 0.711. The van der Waals surface area contributed by atoms with Crippen LogP contribution in [0.2, 0.25) is 0 Å². The number of hydrogen-bond acceptors (Lipinski definition) is 4. The number of carboxylic acid groups (broad SMARTS) is 1. The van der Waals surface area contributed by atoms with E-state index in [1.165, 1.54) is 27.2 Å². The lowest BCUT2D eigenvalue weighted by Crippen LogP contribution is -2.30. The zero-order valence-corrected chi connectivity index (χ0v) is 11.0. The number of nitrogens with zero attached hydrogens (tertiary/aromatic N) is 2. The van der Waals surface area contributed by atoms with E-state index in [1.807, 2.05) is 0 Å². The largest absolute Gasteiger partial charge is 0.478 e. The minimum atomic E-state index is -1.04. The van der Waals surface area contributed by atoms with Gasteiger partial charge in [-0.25, -0.2) is 9.59 Å². The molecule has 0 atom stereocenters. The number of thiophene rings is 1. The van der Waals surface area contributed by atoms with Gasteiger partial charge >= 0.3 is 12.0 Å². The topological polar surface area (TPSA) is 77.9 Å². The van der Waals surface area contributed by atoms with Crippen molar-refractivity contribution in [2.75, 3.05) is 13.6 Å². The van der Waals surface area contributed by atoms with Crippen molar-refractivity contribution in [2.45, 2.75) is 6.54 Å². The van der Waals surface area contributed by atoms with E-state index >= 15 is 0 Å². The standard InChI is InChI=1S/C12H12N2O4S/c1-13-7-10(15)14(12(13)18)6-9-8(4-5-19-9)2-3-11(16)17/h2-5H,6-7H2,1H3,(H,16,17). The second-order valence-corrected chi connectivity index (χ2v) is 5.09. The second-order valence-electron chi connectivity index (χ2n) is 4.09. The third-order valence-corrected chi connectivity index (χ3v) is 3.64. The van der Waals surface area contributed by atoms with E-state index in [1.54, 1.807) is 18.5 Å². The molecule has 0 radical (unpaired) electrons.